The number of benzene rings is 2. The van der Waals surface area contributed by atoms with E-state index >= 15 is 0 Å². The first-order valence-electron chi connectivity index (χ1n) is 12.3. The van der Waals surface area contributed by atoms with Crippen LogP contribution in [-0.4, -0.2) is 23.8 Å². The SMILES string of the molecule is COc1ccc(NC2=C(C(C3=C(O)CC(C)(C)CC3=O)c3ccc(Br)cc3)C(=O)CC(C)(C)C2)cc1. The van der Waals surface area contributed by atoms with Crippen LogP contribution in [0.5, 0.6) is 5.75 Å². The van der Waals surface area contributed by atoms with Crippen LogP contribution < -0.4 is 10.1 Å². The van der Waals surface area contributed by atoms with Crippen molar-refractivity contribution in [2.75, 3.05) is 12.4 Å². The summed E-state index contributed by atoms with van der Waals surface area (Å²) in [6, 6.07) is 15.2. The molecule has 6 heteroatoms. The highest BCUT2D eigenvalue weighted by Crippen LogP contribution is 2.48. The number of nitrogens with one attached hydrogen (secondary N) is 1. The summed E-state index contributed by atoms with van der Waals surface area (Å²) in [5.74, 6) is 0.0656. The molecule has 2 N–H and O–H groups in total. The van der Waals surface area contributed by atoms with Gasteiger partial charge in [0.2, 0.25) is 0 Å². The van der Waals surface area contributed by atoms with Crippen LogP contribution in [0, 0.1) is 10.8 Å². The number of allylic oxidation sites excluding steroid dienone is 4. The van der Waals surface area contributed by atoms with Crippen molar-refractivity contribution in [3.8, 4) is 5.75 Å². The number of methoxy groups -OCH3 is 1. The molecule has 2 aliphatic rings. The zero-order valence-electron chi connectivity index (χ0n) is 21.6. The summed E-state index contributed by atoms with van der Waals surface area (Å²) in [4.78, 5) is 27.4. The molecular weight excluding hydrogens is 518 g/mol. The van der Waals surface area contributed by atoms with Crippen molar-refractivity contribution in [1.82, 2.24) is 0 Å². The summed E-state index contributed by atoms with van der Waals surface area (Å²) >= 11 is 3.49. The van der Waals surface area contributed by atoms with E-state index in [0.717, 1.165) is 27.2 Å². The van der Waals surface area contributed by atoms with Crippen molar-refractivity contribution in [3.63, 3.8) is 0 Å². The van der Waals surface area contributed by atoms with Crippen LogP contribution >= 0.6 is 15.9 Å². The molecule has 4 rings (SSSR count). The first-order valence-corrected chi connectivity index (χ1v) is 13.1. The zero-order chi connectivity index (χ0) is 26.3. The lowest BCUT2D eigenvalue weighted by atomic mass is 9.66. The maximum absolute atomic E-state index is 13.8. The van der Waals surface area contributed by atoms with E-state index < -0.39 is 5.92 Å². The number of anilines is 1. The minimum absolute atomic E-state index is 0.00638. The van der Waals surface area contributed by atoms with E-state index in [9.17, 15) is 14.7 Å². The Labute approximate surface area is 221 Å². The number of ketones is 2. The number of hydrogen-bond donors (Lipinski definition) is 2. The average Bonchev–Trinajstić information content (AvgIpc) is 2.77. The van der Waals surface area contributed by atoms with Gasteiger partial charge in [-0.15, -0.1) is 0 Å². The summed E-state index contributed by atoms with van der Waals surface area (Å²) < 4.78 is 6.19. The number of aliphatic hydroxyl groups excluding tert-OH is 1. The Morgan fingerprint density at radius 2 is 1.39 bits per heavy atom. The van der Waals surface area contributed by atoms with Gasteiger partial charge in [-0.25, -0.2) is 0 Å². The van der Waals surface area contributed by atoms with E-state index in [-0.39, 0.29) is 28.2 Å². The Hall–Kier alpha value is -2.86. The summed E-state index contributed by atoms with van der Waals surface area (Å²) in [5, 5.41) is 14.7. The van der Waals surface area contributed by atoms with Gasteiger partial charge in [-0.3, -0.25) is 9.59 Å². The molecule has 0 fully saturated rings. The van der Waals surface area contributed by atoms with Crippen molar-refractivity contribution in [3.05, 3.63) is 81.2 Å². The number of halogens is 1. The monoisotopic (exact) mass is 551 g/mol. The van der Waals surface area contributed by atoms with Crippen molar-refractivity contribution < 1.29 is 19.4 Å². The lowest BCUT2D eigenvalue weighted by molar-refractivity contribution is -0.119. The Kier molecular flexibility index (Phi) is 7.20. The van der Waals surface area contributed by atoms with Crippen LogP contribution in [0.2, 0.25) is 0 Å². The summed E-state index contributed by atoms with van der Waals surface area (Å²) in [5.41, 5.74) is 2.76. The number of carbonyl (C=O) groups is 2. The summed E-state index contributed by atoms with van der Waals surface area (Å²) in [6.07, 6.45) is 1.74. The maximum Gasteiger partial charge on any atom is 0.163 e. The van der Waals surface area contributed by atoms with E-state index in [1.54, 1.807) is 7.11 Å². The molecule has 0 heterocycles. The fraction of sp³-hybridized carbons (Fsp3) is 0.400. The molecule has 0 saturated carbocycles. The molecule has 1 unspecified atom stereocenters. The first-order chi connectivity index (χ1) is 16.9. The minimum Gasteiger partial charge on any atom is -0.512 e. The predicted molar refractivity (Wildman–Crippen MR) is 146 cm³/mol. The molecule has 0 spiro atoms. The van der Waals surface area contributed by atoms with Crippen molar-refractivity contribution in [2.24, 2.45) is 10.8 Å². The predicted octanol–water partition coefficient (Wildman–Crippen LogP) is 7.50. The van der Waals surface area contributed by atoms with Crippen LogP contribution in [0.25, 0.3) is 0 Å². The Bertz CT molecular complexity index is 1240. The van der Waals surface area contributed by atoms with Crippen molar-refractivity contribution >= 4 is 33.2 Å². The second kappa shape index (κ2) is 9.89. The van der Waals surface area contributed by atoms with Crippen molar-refractivity contribution in [2.45, 2.75) is 59.3 Å². The number of aliphatic hydroxyl groups is 1. The standard InChI is InChI=1S/C30H34BrNO4/c1-29(2)14-22(32-20-10-12-21(36-5)13-11-20)27(23(33)15-29)26(18-6-8-19(31)9-7-18)28-24(34)16-30(3,4)17-25(28)35/h6-13,26,32,34H,14-17H2,1-5H3. The van der Waals surface area contributed by atoms with Gasteiger partial charge in [0.25, 0.3) is 0 Å². The molecule has 0 aliphatic heterocycles. The Balaban J connectivity index is 1.92. The molecule has 0 saturated heterocycles. The summed E-state index contributed by atoms with van der Waals surface area (Å²) in [6.45, 7) is 8.13. The molecule has 0 aromatic heterocycles. The normalized spacial score (nSPS) is 20.4. The minimum atomic E-state index is -0.647. The van der Waals surface area contributed by atoms with Crippen molar-refractivity contribution in [1.29, 1.82) is 0 Å². The lowest BCUT2D eigenvalue weighted by Gasteiger charge is -2.38. The number of rotatable bonds is 6. The molecule has 190 valence electrons. The van der Waals surface area contributed by atoms with Crippen LogP contribution in [0.1, 0.15) is 64.9 Å². The number of hydrogen-bond acceptors (Lipinski definition) is 5. The average molecular weight is 553 g/mol. The number of carbonyl (C=O) groups excluding carboxylic acids is 2. The molecule has 2 aromatic carbocycles. The van der Waals surface area contributed by atoms with Crippen LogP contribution in [0.3, 0.4) is 0 Å². The van der Waals surface area contributed by atoms with Crippen LogP contribution in [-0.2, 0) is 9.59 Å². The molecular formula is C30H34BrNO4. The third-order valence-corrected chi connectivity index (χ3v) is 7.51. The van der Waals surface area contributed by atoms with E-state index in [1.807, 2.05) is 62.4 Å². The molecule has 2 aromatic rings. The third-order valence-electron chi connectivity index (χ3n) is 6.98. The fourth-order valence-electron chi connectivity index (χ4n) is 5.39. The molecule has 1 atom stereocenters. The van der Waals surface area contributed by atoms with Crippen LogP contribution in [0.4, 0.5) is 5.69 Å². The van der Waals surface area contributed by atoms with E-state index in [4.69, 9.17) is 4.74 Å². The van der Waals surface area contributed by atoms with Gasteiger partial charge in [0.15, 0.2) is 11.6 Å². The zero-order valence-corrected chi connectivity index (χ0v) is 23.2. The third kappa shape index (κ3) is 5.59. The van der Waals surface area contributed by atoms with E-state index in [1.165, 1.54) is 0 Å². The van der Waals surface area contributed by atoms with Gasteiger partial charge >= 0.3 is 0 Å². The van der Waals surface area contributed by atoms with Gasteiger partial charge in [0.05, 0.1) is 7.11 Å². The van der Waals surface area contributed by atoms with E-state index in [2.05, 4.69) is 35.1 Å². The largest absolute Gasteiger partial charge is 0.512 e. The van der Waals surface area contributed by atoms with Gasteiger partial charge in [-0.1, -0.05) is 55.8 Å². The van der Waals surface area contributed by atoms with Gasteiger partial charge in [-0.05, 0) is 59.2 Å². The first kappa shape index (κ1) is 26.2. The lowest BCUT2D eigenvalue weighted by Crippen LogP contribution is -2.34. The molecule has 2 aliphatic carbocycles. The Morgan fingerprint density at radius 1 is 0.833 bits per heavy atom. The topological polar surface area (TPSA) is 75.6 Å². The van der Waals surface area contributed by atoms with E-state index in [0.29, 0.717) is 36.8 Å². The molecule has 0 bridgehead atoms. The highest BCUT2D eigenvalue weighted by Gasteiger charge is 2.43. The molecule has 36 heavy (non-hydrogen) atoms. The quantitative estimate of drug-likeness (QED) is 0.388. The van der Waals surface area contributed by atoms with Gasteiger partial charge in [0, 0.05) is 52.2 Å². The van der Waals surface area contributed by atoms with Gasteiger partial charge in [0.1, 0.15) is 11.5 Å². The second-order valence-electron chi connectivity index (χ2n) is 11.5. The smallest absolute Gasteiger partial charge is 0.163 e. The number of Topliss-reactive ketones (excluding diaryl/α,β-unsaturated/α-hetero) is 2. The number of ether oxygens (including phenoxy) is 1. The van der Waals surface area contributed by atoms with Crippen LogP contribution in [0.15, 0.2) is 75.6 Å². The molecule has 0 radical (unpaired) electrons. The summed E-state index contributed by atoms with van der Waals surface area (Å²) in [7, 11) is 1.62. The molecule has 5 nitrogen and oxygen atoms in total. The Morgan fingerprint density at radius 3 is 1.94 bits per heavy atom. The second-order valence-corrected chi connectivity index (χ2v) is 12.4. The molecule has 0 amide bonds. The fourth-order valence-corrected chi connectivity index (χ4v) is 5.66. The van der Waals surface area contributed by atoms with Gasteiger partial charge < -0.3 is 15.2 Å². The highest BCUT2D eigenvalue weighted by atomic mass is 79.9. The maximum atomic E-state index is 13.8. The van der Waals surface area contributed by atoms with Gasteiger partial charge in [-0.2, -0.15) is 0 Å². The highest BCUT2D eigenvalue weighted by molar-refractivity contribution is 9.10.